The largest absolute Gasteiger partial charge is 0.584 e. The highest BCUT2D eigenvalue weighted by molar-refractivity contribution is 7.48. The Morgan fingerprint density at radius 2 is 1.43 bits per heavy atom. The van der Waals surface area contributed by atoms with E-state index in [1.165, 1.54) is 77.4 Å². The van der Waals surface area contributed by atoms with Crippen molar-refractivity contribution in [2.24, 2.45) is 0 Å². The van der Waals surface area contributed by atoms with Gasteiger partial charge in [0, 0.05) is 23.8 Å². The Bertz CT molecular complexity index is 1160. The van der Waals surface area contributed by atoms with Crippen molar-refractivity contribution in [3.8, 4) is 23.0 Å². The summed E-state index contributed by atoms with van der Waals surface area (Å²) in [7, 11) is -2.92. The first-order valence-corrected chi connectivity index (χ1v) is 17.0. The van der Waals surface area contributed by atoms with Gasteiger partial charge in [-0.05, 0) is 18.6 Å². The quantitative estimate of drug-likeness (QED) is 0.0759. The topological polar surface area (TPSA) is 78.1 Å². The number of hydrogen-bond acceptors (Lipinski definition) is 6. The number of hydrogen-bond donors (Lipinski definition) is 1. The third kappa shape index (κ3) is 12.8. The first-order valence-electron chi connectivity index (χ1n) is 14.5. The van der Waals surface area contributed by atoms with Crippen LogP contribution in [0, 0.1) is 0 Å². The van der Waals surface area contributed by atoms with E-state index in [9.17, 15) is 9.46 Å². The first kappa shape index (κ1) is 32.0. The van der Waals surface area contributed by atoms with E-state index in [0.717, 1.165) is 18.4 Å². The molecule has 3 aromatic rings. The molecule has 40 heavy (non-hydrogen) atoms. The minimum Gasteiger partial charge on any atom is -0.496 e. The molecule has 9 heteroatoms. The Labute approximate surface area is 243 Å². The maximum atomic E-state index is 12.8. The van der Waals surface area contributed by atoms with E-state index < -0.39 is 7.82 Å². The maximum absolute atomic E-state index is 12.8. The van der Waals surface area contributed by atoms with Crippen molar-refractivity contribution in [2.75, 3.05) is 13.7 Å². The average Bonchev–Trinajstić information content (AvgIpc) is 3.44. The molecule has 220 valence electrons. The Kier molecular flexibility index (Phi) is 14.4. The van der Waals surface area contributed by atoms with Crippen LogP contribution in [0.15, 0.2) is 59.6 Å². The molecule has 0 aliphatic carbocycles. The van der Waals surface area contributed by atoms with Gasteiger partial charge in [-0.2, -0.15) is 4.57 Å². The van der Waals surface area contributed by atoms with Crippen molar-refractivity contribution in [1.29, 1.82) is 0 Å². The van der Waals surface area contributed by atoms with Crippen LogP contribution in [0.3, 0.4) is 0 Å². The number of methoxy groups -OCH3 is 1. The van der Waals surface area contributed by atoms with E-state index in [0.29, 0.717) is 24.7 Å². The molecule has 0 spiro atoms. The van der Waals surface area contributed by atoms with Crippen LogP contribution in [0.4, 0.5) is 0 Å². The maximum Gasteiger partial charge on any atom is 0.584 e. The highest BCUT2D eigenvalue weighted by Gasteiger charge is 2.26. The molecule has 1 unspecified atom stereocenters. The standard InChI is InChI=1S/C31H44NO6PS/c1-3-4-5-6-7-8-9-10-11-12-13-14-19-36-30-22-29(35-2)23-31(24-30)38-39(33,34)37-28-17-15-16-27(21-28)25-32-18-20-40-26-32/h15-18,20-24,26H,3-14,19,25H2,1-2H3/p+1. The van der Waals surface area contributed by atoms with Gasteiger partial charge in [-0.1, -0.05) is 101 Å². The van der Waals surface area contributed by atoms with Crippen molar-refractivity contribution in [3.05, 3.63) is 65.1 Å². The predicted molar refractivity (Wildman–Crippen MR) is 161 cm³/mol. The molecule has 0 aliphatic heterocycles. The van der Waals surface area contributed by atoms with Crippen LogP contribution in [0.5, 0.6) is 23.0 Å². The molecule has 3 rings (SSSR count). The van der Waals surface area contributed by atoms with Gasteiger partial charge in [-0.3, -0.25) is 4.89 Å². The molecule has 2 aromatic carbocycles. The van der Waals surface area contributed by atoms with Gasteiger partial charge in [-0.15, -0.1) is 0 Å². The summed E-state index contributed by atoms with van der Waals surface area (Å²) in [6.07, 6.45) is 17.4. The van der Waals surface area contributed by atoms with Crippen molar-refractivity contribution < 1.29 is 32.5 Å². The first-order chi connectivity index (χ1) is 19.5. The average molecular weight is 591 g/mol. The molecule has 0 saturated carbocycles. The van der Waals surface area contributed by atoms with Crippen LogP contribution in [-0.2, 0) is 11.1 Å². The van der Waals surface area contributed by atoms with E-state index in [2.05, 4.69) is 6.92 Å². The summed E-state index contributed by atoms with van der Waals surface area (Å²) >= 11 is 1.60. The molecule has 0 amide bonds. The second kappa shape index (κ2) is 18.0. The fourth-order valence-corrected chi connectivity index (χ4v) is 5.87. The fourth-order valence-electron chi connectivity index (χ4n) is 4.48. The summed E-state index contributed by atoms with van der Waals surface area (Å²) in [5.74, 6) is 1.38. The number of unbranched alkanes of at least 4 members (excludes halogenated alkanes) is 11. The highest BCUT2D eigenvalue weighted by Crippen LogP contribution is 2.46. The van der Waals surface area contributed by atoms with Gasteiger partial charge in [0.2, 0.25) is 5.51 Å². The second-order valence-corrected chi connectivity index (χ2v) is 12.1. The molecule has 0 bridgehead atoms. The van der Waals surface area contributed by atoms with Gasteiger partial charge in [0.25, 0.3) is 0 Å². The molecule has 1 heterocycles. The number of benzene rings is 2. The fraction of sp³-hybridized carbons (Fsp3) is 0.516. The number of ether oxygens (including phenoxy) is 2. The molecule has 0 radical (unpaired) electrons. The minimum atomic E-state index is -4.45. The Morgan fingerprint density at radius 3 is 2.08 bits per heavy atom. The van der Waals surface area contributed by atoms with Gasteiger partial charge < -0.3 is 18.5 Å². The van der Waals surface area contributed by atoms with Gasteiger partial charge in [0.15, 0.2) is 12.7 Å². The van der Waals surface area contributed by atoms with Crippen LogP contribution in [0.2, 0.25) is 0 Å². The zero-order valence-electron chi connectivity index (χ0n) is 24.0. The molecule has 0 fully saturated rings. The Balaban J connectivity index is 1.40. The lowest BCUT2D eigenvalue weighted by Gasteiger charge is -2.16. The Morgan fingerprint density at radius 1 is 0.800 bits per heavy atom. The van der Waals surface area contributed by atoms with E-state index in [1.807, 2.05) is 27.7 Å². The van der Waals surface area contributed by atoms with Gasteiger partial charge in [0.1, 0.15) is 23.0 Å². The third-order valence-corrected chi connectivity index (χ3v) is 8.14. The predicted octanol–water partition coefficient (Wildman–Crippen LogP) is 8.73. The van der Waals surface area contributed by atoms with Crippen molar-refractivity contribution in [1.82, 2.24) is 0 Å². The third-order valence-electron chi connectivity index (χ3n) is 6.59. The molecule has 7 nitrogen and oxygen atoms in total. The molecule has 1 N–H and O–H groups in total. The summed E-state index contributed by atoms with van der Waals surface area (Å²) in [6, 6.07) is 11.9. The molecular weight excluding hydrogens is 545 g/mol. The molecule has 1 atom stereocenters. The van der Waals surface area contributed by atoms with Crippen molar-refractivity contribution >= 4 is 19.2 Å². The summed E-state index contributed by atoms with van der Waals surface area (Å²) in [5.41, 5.74) is 2.93. The summed E-state index contributed by atoms with van der Waals surface area (Å²) in [6.45, 7) is 3.45. The van der Waals surface area contributed by atoms with Crippen LogP contribution >= 0.6 is 19.2 Å². The zero-order chi connectivity index (χ0) is 28.5. The van der Waals surface area contributed by atoms with Crippen LogP contribution in [-0.4, -0.2) is 18.6 Å². The number of phosphoric acid groups is 1. The number of rotatable bonds is 21. The van der Waals surface area contributed by atoms with Crippen molar-refractivity contribution in [2.45, 2.75) is 90.5 Å². The van der Waals surface area contributed by atoms with Crippen LogP contribution < -0.4 is 23.1 Å². The monoisotopic (exact) mass is 590 g/mol. The molecular formula is C31H45NO6PS+. The van der Waals surface area contributed by atoms with Crippen LogP contribution in [0.25, 0.3) is 0 Å². The number of phosphoric ester groups is 1. The smallest absolute Gasteiger partial charge is 0.496 e. The lowest BCUT2D eigenvalue weighted by Crippen LogP contribution is -2.30. The number of aromatic nitrogens is 1. The van der Waals surface area contributed by atoms with Crippen molar-refractivity contribution in [3.63, 3.8) is 0 Å². The van der Waals surface area contributed by atoms with Gasteiger partial charge in [-0.25, -0.2) is 4.57 Å². The van der Waals surface area contributed by atoms with E-state index in [1.54, 1.807) is 41.7 Å². The minimum absolute atomic E-state index is 0.139. The summed E-state index contributed by atoms with van der Waals surface area (Å²) < 4.78 is 36.8. The molecule has 1 aromatic heterocycles. The zero-order valence-corrected chi connectivity index (χ0v) is 25.7. The second-order valence-electron chi connectivity index (χ2n) is 10.1. The highest BCUT2D eigenvalue weighted by atomic mass is 32.1. The lowest BCUT2D eigenvalue weighted by atomic mass is 10.1. The van der Waals surface area contributed by atoms with Crippen LogP contribution in [0.1, 0.15) is 89.5 Å². The van der Waals surface area contributed by atoms with E-state index >= 15 is 0 Å². The lowest BCUT2D eigenvalue weighted by molar-refractivity contribution is -0.683. The van der Waals surface area contributed by atoms with E-state index in [-0.39, 0.29) is 11.5 Å². The number of thiazole rings is 1. The Hall–Kier alpha value is -2.54. The summed E-state index contributed by atoms with van der Waals surface area (Å²) in [4.78, 5) is 10.4. The number of nitrogens with zero attached hydrogens (tertiary/aromatic N) is 1. The summed E-state index contributed by atoms with van der Waals surface area (Å²) in [5, 5.41) is 1.99. The normalized spacial score (nSPS) is 12.6. The van der Waals surface area contributed by atoms with E-state index in [4.69, 9.17) is 18.5 Å². The SMILES string of the molecule is CCCCCCCCCCCCCCOc1cc(OC)cc(OP(=O)(O)Oc2cccc(C[n+]3ccsc3)c2)c1. The molecule has 0 saturated heterocycles. The van der Waals surface area contributed by atoms with Gasteiger partial charge >= 0.3 is 7.82 Å². The van der Waals surface area contributed by atoms with Gasteiger partial charge in [0.05, 0.1) is 19.1 Å². The molecule has 0 aliphatic rings.